The lowest BCUT2D eigenvalue weighted by molar-refractivity contribution is -0.137. The average molecular weight is 240 g/mol. The molecule has 2 aliphatic rings. The Kier molecular flexibility index (Phi) is 4.12. The Labute approximate surface area is 101 Å². The van der Waals surface area contributed by atoms with Crippen molar-refractivity contribution in [1.82, 2.24) is 10.2 Å². The Morgan fingerprint density at radius 3 is 3.06 bits per heavy atom. The molecule has 1 aliphatic heterocycles. The van der Waals surface area contributed by atoms with Crippen molar-refractivity contribution in [3.8, 4) is 0 Å². The molecule has 1 amide bonds. The Morgan fingerprint density at radius 2 is 2.41 bits per heavy atom. The number of hydrogen-bond donors (Lipinski definition) is 1. The molecule has 0 aromatic rings. The quantitative estimate of drug-likeness (QED) is 0.751. The van der Waals surface area contributed by atoms with Crippen LogP contribution in [0, 0.1) is 0 Å². The van der Waals surface area contributed by atoms with Gasteiger partial charge in [-0.1, -0.05) is 0 Å². The average Bonchev–Trinajstić information content (AvgIpc) is 2.76. The molecule has 2 rings (SSSR count). The van der Waals surface area contributed by atoms with Crippen LogP contribution in [0.25, 0.3) is 0 Å². The number of rotatable bonds is 3. The number of morpholine rings is 1. The second kappa shape index (κ2) is 5.60. The molecule has 0 aromatic carbocycles. The number of ketones is 1. The molecule has 2 unspecified atom stereocenters. The van der Waals surface area contributed by atoms with Crippen LogP contribution in [0.4, 0.5) is 0 Å². The summed E-state index contributed by atoms with van der Waals surface area (Å²) in [4.78, 5) is 25.7. The molecule has 2 fully saturated rings. The smallest absolute Gasteiger partial charge is 0.239 e. The van der Waals surface area contributed by atoms with Crippen molar-refractivity contribution in [3.63, 3.8) is 0 Å². The van der Waals surface area contributed by atoms with Gasteiger partial charge in [0.2, 0.25) is 5.91 Å². The van der Waals surface area contributed by atoms with Crippen LogP contribution in [-0.4, -0.2) is 55.0 Å². The fourth-order valence-corrected chi connectivity index (χ4v) is 2.66. The van der Waals surface area contributed by atoms with Crippen LogP contribution < -0.4 is 5.32 Å². The first-order valence-electron chi connectivity index (χ1n) is 6.38. The summed E-state index contributed by atoms with van der Waals surface area (Å²) in [5.41, 5.74) is 0. The molecule has 0 radical (unpaired) electrons. The van der Waals surface area contributed by atoms with Crippen molar-refractivity contribution >= 4 is 11.7 Å². The predicted molar refractivity (Wildman–Crippen MR) is 62.6 cm³/mol. The minimum absolute atomic E-state index is 0.0214. The van der Waals surface area contributed by atoms with Crippen molar-refractivity contribution in [2.45, 2.75) is 38.3 Å². The molecule has 5 heteroatoms. The van der Waals surface area contributed by atoms with Crippen molar-refractivity contribution < 1.29 is 14.3 Å². The summed E-state index contributed by atoms with van der Waals surface area (Å²) >= 11 is 0. The lowest BCUT2D eigenvalue weighted by Crippen LogP contribution is -2.58. The lowest BCUT2D eigenvalue weighted by atomic mass is 10.1. The van der Waals surface area contributed by atoms with E-state index in [-0.39, 0.29) is 23.8 Å². The molecule has 0 spiro atoms. The number of hydrogen-bond acceptors (Lipinski definition) is 4. The van der Waals surface area contributed by atoms with Gasteiger partial charge in [-0.05, 0) is 19.8 Å². The Hall–Kier alpha value is -0.940. The minimum atomic E-state index is -0.296. The van der Waals surface area contributed by atoms with Crippen LogP contribution in [-0.2, 0) is 14.3 Å². The minimum Gasteiger partial charge on any atom is -0.378 e. The summed E-state index contributed by atoms with van der Waals surface area (Å²) in [5, 5.41) is 2.81. The third-order valence-electron chi connectivity index (χ3n) is 3.50. The van der Waals surface area contributed by atoms with E-state index in [4.69, 9.17) is 4.74 Å². The zero-order chi connectivity index (χ0) is 12.3. The SMILES string of the molecule is CCNC(=O)C1COCCN1C1CCCC1=O. The molecule has 1 N–H and O–H groups in total. The second-order valence-corrected chi connectivity index (χ2v) is 4.60. The monoisotopic (exact) mass is 240 g/mol. The first-order chi connectivity index (χ1) is 8.24. The second-order valence-electron chi connectivity index (χ2n) is 4.60. The predicted octanol–water partition coefficient (Wildman–Crippen LogP) is -0.0551. The topological polar surface area (TPSA) is 58.6 Å². The molecular weight excluding hydrogens is 220 g/mol. The van der Waals surface area contributed by atoms with E-state index in [1.54, 1.807) is 0 Å². The highest BCUT2D eigenvalue weighted by Crippen LogP contribution is 2.23. The van der Waals surface area contributed by atoms with E-state index >= 15 is 0 Å². The van der Waals surface area contributed by atoms with E-state index in [1.165, 1.54) is 0 Å². The van der Waals surface area contributed by atoms with E-state index in [9.17, 15) is 9.59 Å². The fraction of sp³-hybridized carbons (Fsp3) is 0.833. The molecule has 1 saturated carbocycles. The number of ether oxygens (including phenoxy) is 1. The van der Waals surface area contributed by atoms with E-state index in [1.807, 2.05) is 11.8 Å². The molecule has 96 valence electrons. The van der Waals surface area contributed by atoms with E-state index in [0.717, 1.165) is 12.8 Å². The van der Waals surface area contributed by atoms with Gasteiger partial charge in [0.15, 0.2) is 0 Å². The molecule has 1 aliphatic carbocycles. The maximum Gasteiger partial charge on any atom is 0.239 e. The number of Topliss-reactive ketones (excluding diaryl/α,β-unsaturated/α-hetero) is 1. The number of likely N-dealkylation sites (N-methyl/N-ethyl adjacent to an activating group) is 1. The van der Waals surface area contributed by atoms with Gasteiger partial charge in [0, 0.05) is 19.5 Å². The summed E-state index contributed by atoms with van der Waals surface area (Å²) in [6, 6.07) is -0.359. The third kappa shape index (κ3) is 2.66. The van der Waals surface area contributed by atoms with Gasteiger partial charge in [0.1, 0.15) is 11.8 Å². The van der Waals surface area contributed by atoms with Gasteiger partial charge in [-0.15, -0.1) is 0 Å². The molecule has 17 heavy (non-hydrogen) atoms. The molecule has 1 heterocycles. The van der Waals surface area contributed by atoms with E-state index in [2.05, 4.69) is 5.32 Å². The van der Waals surface area contributed by atoms with Crippen molar-refractivity contribution in [1.29, 1.82) is 0 Å². The maximum atomic E-state index is 11.9. The van der Waals surface area contributed by atoms with Crippen molar-refractivity contribution in [2.75, 3.05) is 26.3 Å². The molecule has 5 nitrogen and oxygen atoms in total. The number of carbonyl (C=O) groups excluding carboxylic acids is 2. The summed E-state index contributed by atoms with van der Waals surface area (Å²) < 4.78 is 5.36. The summed E-state index contributed by atoms with van der Waals surface area (Å²) in [5.74, 6) is 0.257. The van der Waals surface area contributed by atoms with Gasteiger partial charge >= 0.3 is 0 Å². The first-order valence-corrected chi connectivity index (χ1v) is 6.38. The zero-order valence-electron chi connectivity index (χ0n) is 10.3. The van der Waals surface area contributed by atoms with Gasteiger partial charge < -0.3 is 10.1 Å². The highest BCUT2D eigenvalue weighted by atomic mass is 16.5. The fourth-order valence-electron chi connectivity index (χ4n) is 2.66. The third-order valence-corrected chi connectivity index (χ3v) is 3.50. The van der Waals surface area contributed by atoms with Gasteiger partial charge in [0.05, 0.1) is 19.3 Å². The normalized spacial score (nSPS) is 30.5. The van der Waals surface area contributed by atoms with Gasteiger partial charge in [-0.3, -0.25) is 14.5 Å². The molecule has 0 bridgehead atoms. The largest absolute Gasteiger partial charge is 0.378 e. The van der Waals surface area contributed by atoms with Gasteiger partial charge in [-0.25, -0.2) is 0 Å². The van der Waals surface area contributed by atoms with Crippen LogP contribution in [0.15, 0.2) is 0 Å². The molecular formula is C12H20N2O3. The van der Waals surface area contributed by atoms with Crippen LogP contribution >= 0.6 is 0 Å². The number of nitrogens with one attached hydrogen (secondary N) is 1. The van der Waals surface area contributed by atoms with E-state index in [0.29, 0.717) is 32.7 Å². The Morgan fingerprint density at radius 1 is 1.59 bits per heavy atom. The zero-order valence-corrected chi connectivity index (χ0v) is 10.3. The summed E-state index contributed by atoms with van der Waals surface area (Å²) in [6.07, 6.45) is 2.49. The molecule has 1 saturated heterocycles. The lowest BCUT2D eigenvalue weighted by Gasteiger charge is -2.37. The maximum absolute atomic E-state index is 11.9. The Balaban J connectivity index is 2.06. The molecule has 0 aromatic heterocycles. The Bertz CT molecular complexity index is 306. The van der Waals surface area contributed by atoms with Crippen molar-refractivity contribution in [2.24, 2.45) is 0 Å². The van der Waals surface area contributed by atoms with Gasteiger partial charge in [-0.2, -0.15) is 0 Å². The summed E-state index contributed by atoms with van der Waals surface area (Å²) in [7, 11) is 0. The van der Waals surface area contributed by atoms with Crippen molar-refractivity contribution in [3.05, 3.63) is 0 Å². The highest BCUT2D eigenvalue weighted by molar-refractivity contribution is 5.88. The number of nitrogens with zero attached hydrogens (tertiary/aromatic N) is 1. The molecule has 2 atom stereocenters. The van der Waals surface area contributed by atoms with Crippen LogP contribution in [0.5, 0.6) is 0 Å². The van der Waals surface area contributed by atoms with Crippen LogP contribution in [0.1, 0.15) is 26.2 Å². The highest BCUT2D eigenvalue weighted by Gasteiger charge is 2.38. The number of amides is 1. The first kappa shape index (κ1) is 12.5. The standard InChI is InChI=1S/C12H20N2O3/c1-2-13-12(16)10-8-17-7-6-14(10)9-4-3-5-11(9)15/h9-10H,2-8H2,1H3,(H,13,16). The van der Waals surface area contributed by atoms with Crippen LogP contribution in [0.2, 0.25) is 0 Å². The summed E-state index contributed by atoms with van der Waals surface area (Å²) in [6.45, 7) is 4.20. The van der Waals surface area contributed by atoms with Crippen LogP contribution in [0.3, 0.4) is 0 Å². The number of carbonyl (C=O) groups is 2. The van der Waals surface area contributed by atoms with E-state index < -0.39 is 0 Å². The van der Waals surface area contributed by atoms with Gasteiger partial charge in [0.25, 0.3) is 0 Å².